The number of anilines is 1. The molecular weight excluding hydrogens is 170 g/mol. The summed E-state index contributed by atoms with van der Waals surface area (Å²) in [7, 11) is 1.51. The van der Waals surface area contributed by atoms with Gasteiger partial charge in [0.25, 0.3) is 0 Å². The Bertz CT molecular complexity index is 493. The Morgan fingerprint density at radius 2 is 1.92 bits per heavy atom. The van der Waals surface area contributed by atoms with Crippen LogP contribution in [0.15, 0.2) is 22.1 Å². The minimum absolute atomic E-state index is 0.454. The molecule has 0 spiro atoms. The first-order valence-corrected chi connectivity index (χ1v) is 3.65. The normalized spacial score (nSPS) is 13.2. The SMILES string of the molecule is COc1cc2c(cc1N)=NC(=O)N=2. The Labute approximate surface area is 73.6 Å². The first-order valence-electron chi connectivity index (χ1n) is 3.65. The Balaban J connectivity index is 2.78. The van der Waals surface area contributed by atoms with Gasteiger partial charge in [-0.3, -0.25) is 0 Å². The zero-order chi connectivity index (χ0) is 9.42. The van der Waals surface area contributed by atoms with Crippen molar-refractivity contribution < 1.29 is 9.53 Å². The molecule has 0 saturated carbocycles. The van der Waals surface area contributed by atoms with Crippen LogP contribution in [0, 0.1) is 0 Å². The van der Waals surface area contributed by atoms with Crippen molar-refractivity contribution in [2.45, 2.75) is 0 Å². The van der Waals surface area contributed by atoms with Crippen LogP contribution in [0.5, 0.6) is 5.75 Å². The lowest BCUT2D eigenvalue weighted by atomic mass is 10.3. The highest BCUT2D eigenvalue weighted by Crippen LogP contribution is 2.15. The van der Waals surface area contributed by atoms with Crippen LogP contribution in [0.4, 0.5) is 10.5 Å². The number of methoxy groups -OCH3 is 1. The monoisotopic (exact) mass is 177 g/mol. The van der Waals surface area contributed by atoms with Gasteiger partial charge in [0.2, 0.25) is 0 Å². The van der Waals surface area contributed by atoms with Gasteiger partial charge in [-0.15, -0.1) is 0 Å². The predicted octanol–water partition coefficient (Wildman–Crippen LogP) is -0.350. The molecule has 5 nitrogen and oxygen atoms in total. The van der Waals surface area contributed by atoms with Crippen molar-refractivity contribution in [3.05, 3.63) is 22.8 Å². The fourth-order valence-electron chi connectivity index (χ4n) is 1.16. The lowest BCUT2D eigenvalue weighted by molar-refractivity contribution is 0.256. The average Bonchev–Trinajstić information content (AvgIpc) is 2.42. The minimum Gasteiger partial charge on any atom is -0.495 e. The smallest absolute Gasteiger partial charge is 0.368 e. The van der Waals surface area contributed by atoms with Crippen molar-refractivity contribution >= 4 is 11.7 Å². The lowest BCUT2D eigenvalue weighted by Crippen LogP contribution is -2.22. The van der Waals surface area contributed by atoms with E-state index in [-0.39, 0.29) is 0 Å². The molecule has 2 amide bonds. The Hall–Kier alpha value is -1.91. The molecule has 0 fully saturated rings. The van der Waals surface area contributed by atoms with E-state index < -0.39 is 6.03 Å². The molecular formula is C8H7N3O2. The van der Waals surface area contributed by atoms with Crippen LogP contribution in [-0.4, -0.2) is 13.1 Å². The van der Waals surface area contributed by atoms with Crippen molar-refractivity contribution in [2.75, 3.05) is 12.8 Å². The Kier molecular flexibility index (Phi) is 1.51. The second-order valence-electron chi connectivity index (χ2n) is 2.59. The highest BCUT2D eigenvalue weighted by molar-refractivity contribution is 5.77. The fraction of sp³-hybridized carbons (Fsp3) is 0.125. The first kappa shape index (κ1) is 7.72. The number of fused-ring (bicyclic) bond motifs is 1. The Morgan fingerprint density at radius 1 is 1.31 bits per heavy atom. The number of urea groups is 1. The van der Waals surface area contributed by atoms with Gasteiger partial charge in [-0.05, 0) is 6.07 Å². The largest absolute Gasteiger partial charge is 0.495 e. The molecule has 2 N–H and O–H groups in total. The third-order valence-electron chi connectivity index (χ3n) is 1.76. The van der Waals surface area contributed by atoms with Crippen LogP contribution >= 0.6 is 0 Å². The summed E-state index contributed by atoms with van der Waals surface area (Å²) >= 11 is 0. The zero-order valence-corrected chi connectivity index (χ0v) is 6.94. The van der Waals surface area contributed by atoms with Crippen molar-refractivity contribution in [1.82, 2.24) is 0 Å². The first-order chi connectivity index (χ1) is 6.20. The van der Waals surface area contributed by atoms with Crippen LogP contribution in [0.25, 0.3) is 0 Å². The molecule has 0 unspecified atom stereocenters. The van der Waals surface area contributed by atoms with Crippen LogP contribution in [0.3, 0.4) is 0 Å². The summed E-state index contributed by atoms with van der Waals surface area (Å²) in [5.41, 5.74) is 6.07. The fourth-order valence-corrected chi connectivity index (χ4v) is 1.16. The van der Waals surface area contributed by atoms with Crippen molar-refractivity contribution in [3.8, 4) is 5.75 Å². The van der Waals surface area contributed by atoms with Gasteiger partial charge in [0.15, 0.2) is 0 Å². The molecule has 1 heterocycles. The van der Waals surface area contributed by atoms with Gasteiger partial charge in [-0.1, -0.05) is 0 Å². The third-order valence-corrected chi connectivity index (χ3v) is 1.76. The van der Waals surface area contributed by atoms with Gasteiger partial charge in [0.1, 0.15) is 5.75 Å². The molecule has 1 aromatic carbocycles. The van der Waals surface area contributed by atoms with Gasteiger partial charge < -0.3 is 10.5 Å². The number of amides is 2. The van der Waals surface area contributed by atoms with Crippen LogP contribution < -0.4 is 21.2 Å². The maximum Gasteiger partial charge on any atom is 0.368 e. The molecule has 66 valence electrons. The number of carbonyl (C=O) groups excluding carboxylic acids is 1. The molecule has 1 aliphatic rings. The van der Waals surface area contributed by atoms with E-state index in [9.17, 15) is 4.79 Å². The van der Waals surface area contributed by atoms with Gasteiger partial charge in [-0.2, -0.15) is 9.98 Å². The molecule has 1 aliphatic heterocycles. The van der Waals surface area contributed by atoms with Crippen molar-refractivity contribution in [2.24, 2.45) is 9.98 Å². The molecule has 1 aromatic rings. The number of benzene rings is 1. The number of ether oxygens (including phenoxy) is 1. The van der Waals surface area contributed by atoms with E-state index in [1.807, 2.05) is 0 Å². The third kappa shape index (κ3) is 1.14. The number of nitrogen functional groups attached to an aromatic ring is 1. The molecule has 2 rings (SSSR count). The topological polar surface area (TPSA) is 77.0 Å². The Morgan fingerprint density at radius 3 is 2.54 bits per heavy atom. The number of nitrogens with zero attached hydrogens (tertiary/aromatic N) is 2. The maximum absolute atomic E-state index is 10.8. The number of carbonyl (C=O) groups is 1. The number of hydrogen-bond acceptors (Lipinski definition) is 3. The number of rotatable bonds is 1. The molecule has 0 atom stereocenters. The summed E-state index contributed by atoms with van der Waals surface area (Å²) in [4.78, 5) is 18.1. The van der Waals surface area contributed by atoms with Gasteiger partial charge in [0.05, 0.1) is 23.5 Å². The van der Waals surface area contributed by atoms with E-state index in [0.717, 1.165) is 0 Å². The average molecular weight is 177 g/mol. The summed E-state index contributed by atoms with van der Waals surface area (Å²) in [5, 5.41) is 1.01. The quantitative estimate of drug-likeness (QED) is 0.595. The van der Waals surface area contributed by atoms with Gasteiger partial charge >= 0.3 is 6.03 Å². The predicted molar refractivity (Wildman–Crippen MR) is 45.1 cm³/mol. The number of nitrogens with two attached hydrogens (primary N) is 1. The second kappa shape index (κ2) is 2.55. The van der Waals surface area contributed by atoms with E-state index in [0.29, 0.717) is 22.2 Å². The molecule has 0 saturated heterocycles. The summed E-state index contributed by atoms with van der Waals surface area (Å²) in [6, 6.07) is 2.67. The molecule has 5 heteroatoms. The van der Waals surface area contributed by atoms with E-state index >= 15 is 0 Å². The van der Waals surface area contributed by atoms with E-state index in [1.165, 1.54) is 7.11 Å². The molecule has 0 aromatic heterocycles. The van der Waals surface area contributed by atoms with E-state index in [1.54, 1.807) is 12.1 Å². The van der Waals surface area contributed by atoms with Crippen LogP contribution in [-0.2, 0) is 0 Å². The lowest BCUT2D eigenvalue weighted by Gasteiger charge is -2.01. The minimum atomic E-state index is -0.498. The summed E-state index contributed by atoms with van der Waals surface area (Å²) in [6.45, 7) is 0. The van der Waals surface area contributed by atoms with Crippen molar-refractivity contribution in [3.63, 3.8) is 0 Å². The van der Waals surface area contributed by atoms with E-state index in [4.69, 9.17) is 10.5 Å². The van der Waals surface area contributed by atoms with Crippen LogP contribution in [0.1, 0.15) is 0 Å². The molecule has 0 bridgehead atoms. The highest BCUT2D eigenvalue weighted by atomic mass is 16.5. The van der Waals surface area contributed by atoms with Gasteiger partial charge in [-0.25, -0.2) is 4.79 Å². The van der Waals surface area contributed by atoms with Crippen molar-refractivity contribution in [1.29, 1.82) is 0 Å². The molecule has 13 heavy (non-hydrogen) atoms. The van der Waals surface area contributed by atoms with E-state index in [2.05, 4.69) is 9.98 Å². The molecule has 0 radical (unpaired) electrons. The molecule has 0 aliphatic carbocycles. The van der Waals surface area contributed by atoms with Gasteiger partial charge in [0, 0.05) is 6.07 Å². The summed E-state index contributed by atoms with van der Waals surface area (Å²) in [6.07, 6.45) is 0. The highest BCUT2D eigenvalue weighted by Gasteiger charge is 2.08. The zero-order valence-electron chi connectivity index (χ0n) is 6.94. The second-order valence-corrected chi connectivity index (χ2v) is 2.59. The summed E-state index contributed by atoms with van der Waals surface area (Å²) < 4.78 is 4.97. The van der Waals surface area contributed by atoms with Crippen LogP contribution in [0.2, 0.25) is 0 Å². The standard InChI is InChI=1S/C8H7N3O2/c1-13-7-3-6-5(2-4(7)9)10-8(12)11-6/h2-3H,9H2,1H3. The maximum atomic E-state index is 10.8. The number of hydrogen-bond donors (Lipinski definition) is 1. The summed E-state index contributed by atoms with van der Waals surface area (Å²) in [5.74, 6) is 0.507.